The van der Waals surface area contributed by atoms with Crippen molar-refractivity contribution >= 4 is 5.91 Å². The van der Waals surface area contributed by atoms with E-state index in [4.69, 9.17) is 0 Å². The SMILES string of the molecule is CC(=O)NCCCCN(C)C(C)C. The van der Waals surface area contributed by atoms with Crippen LogP contribution in [0.4, 0.5) is 0 Å². The Bertz CT molecular complexity index is 146. The highest BCUT2D eigenvalue weighted by Crippen LogP contribution is 1.96. The minimum atomic E-state index is 0.0669. The molecule has 3 heteroatoms. The summed E-state index contributed by atoms with van der Waals surface area (Å²) in [5.41, 5.74) is 0. The smallest absolute Gasteiger partial charge is 0.216 e. The molecule has 0 aromatic rings. The first-order valence-corrected chi connectivity index (χ1v) is 4.98. The molecule has 0 rings (SSSR count). The number of carbonyl (C=O) groups excluding carboxylic acids is 1. The second-order valence-corrected chi connectivity index (χ2v) is 3.76. The lowest BCUT2D eigenvalue weighted by molar-refractivity contribution is -0.118. The predicted molar refractivity (Wildman–Crippen MR) is 55.7 cm³/mol. The molecule has 1 amide bonds. The van der Waals surface area contributed by atoms with Crippen LogP contribution in [0.5, 0.6) is 0 Å². The van der Waals surface area contributed by atoms with Crippen LogP contribution >= 0.6 is 0 Å². The fourth-order valence-corrected chi connectivity index (χ4v) is 1.01. The molecule has 0 fully saturated rings. The van der Waals surface area contributed by atoms with Crippen LogP contribution in [0, 0.1) is 0 Å². The van der Waals surface area contributed by atoms with E-state index < -0.39 is 0 Å². The van der Waals surface area contributed by atoms with Crippen molar-refractivity contribution < 1.29 is 4.79 Å². The molecule has 1 N–H and O–H groups in total. The summed E-state index contributed by atoms with van der Waals surface area (Å²) in [4.78, 5) is 12.8. The van der Waals surface area contributed by atoms with Gasteiger partial charge in [-0.1, -0.05) is 0 Å². The summed E-state index contributed by atoms with van der Waals surface area (Å²) in [6.45, 7) is 7.85. The van der Waals surface area contributed by atoms with Crippen molar-refractivity contribution in [2.45, 2.75) is 39.7 Å². The van der Waals surface area contributed by atoms with Gasteiger partial charge in [-0.05, 0) is 40.3 Å². The molecule has 0 unspecified atom stereocenters. The number of hydrogen-bond acceptors (Lipinski definition) is 2. The van der Waals surface area contributed by atoms with Crippen molar-refractivity contribution in [2.24, 2.45) is 0 Å². The molecular formula is C10H22N2O. The number of amides is 1. The molecule has 0 atom stereocenters. The van der Waals surface area contributed by atoms with Gasteiger partial charge >= 0.3 is 0 Å². The third-order valence-electron chi connectivity index (χ3n) is 2.19. The van der Waals surface area contributed by atoms with Gasteiger partial charge in [-0.3, -0.25) is 4.79 Å². The van der Waals surface area contributed by atoms with Gasteiger partial charge in [0.1, 0.15) is 0 Å². The molecule has 78 valence electrons. The molecule has 13 heavy (non-hydrogen) atoms. The van der Waals surface area contributed by atoms with Crippen LogP contribution in [0.3, 0.4) is 0 Å². The Labute approximate surface area is 81.5 Å². The number of hydrogen-bond donors (Lipinski definition) is 1. The van der Waals surface area contributed by atoms with E-state index in [1.165, 1.54) is 0 Å². The van der Waals surface area contributed by atoms with E-state index in [1.54, 1.807) is 6.92 Å². The van der Waals surface area contributed by atoms with Gasteiger partial charge in [0.2, 0.25) is 5.91 Å². The Morgan fingerprint density at radius 2 is 2.00 bits per heavy atom. The Balaban J connectivity index is 3.21. The zero-order valence-electron chi connectivity index (χ0n) is 9.26. The number of nitrogens with one attached hydrogen (secondary N) is 1. The Morgan fingerprint density at radius 3 is 2.46 bits per heavy atom. The quantitative estimate of drug-likeness (QED) is 0.633. The molecule has 0 saturated heterocycles. The fraction of sp³-hybridized carbons (Fsp3) is 0.900. The van der Waals surface area contributed by atoms with Crippen LogP contribution in [0.1, 0.15) is 33.6 Å². The average Bonchev–Trinajstić information content (AvgIpc) is 2.02. The summed E-state index contributed by atoms with van der Waals surface area (Å²) in [5.74, 6) is 0.0669. The highest BCUT2D eigenvalue weighted by atomic mass is 16.1. The van der Waals surface area contributed by atoms with E-state index >= 15 is 0 Å². The third kappa shape index (κ3) is 7.78. The first kappa shape index (κ1) is 12.4. The van der Waals surface area contributed by atoms with E-state index in [0.29, 0.717) is 6.04 Å². The molecule has 0 bridgehead atoms. The average molecular weight is 186 g/mol. The van der Waals surface area contributed by atoms with E-state index in [1.807, 2.05) is 0 Å². The van der Waals surface area contributed by atoms with E-state index in [-0.39, 0.29) is 5.91 Å². The number of unbranched alkanes of at least 4 members (excludes halogenated alkanes) is 1. The largest absolute Gasteiger partial charge is 0.356 e. The molecule has 0 aliphatic carbocycles. The Hall–Kier alpha value is -0.570. The van der Waals surface area contributed by atoms with Crippen LogP contribution in [0.25, 0.3) is 0 Å². The molecule has 0 aliphatic rings. The highest BCUT2D eigenvalue weighted by molar-refractivity contribution is 5.72. The topological polar surface area (TPSA) is 32.3 Å². The van der Waals surface area contributed by atoms with E-state index in [9.17, 15) is 4.79 Å². The third-order valence-corrected chi connectivity index (χ3v) is 2.19. The van der Waals surface area contributed by atoms with Crippen LogP contribution < -0.4 is 5.32 Å². The normalized spacial score (nSPS) is 10.9. The van der Waals surface area contributed by atoms with Gasteiger partial charge in [-0.25, -0.2) is 0 Å². The van der Waals surface area contributed by atoms with Crippen LogP contribution in [0.15, 0.2) is 0 Å². The molecule has 0 aromatic heterocycles. The number of nitrogens with zero attached hydrogens (tertiary/aromatic N) is 1. The van der Waals surface area contributed by atoms with Crippen molar-refractivity contribution in [2.75, 3.05) is 20.1 Å². The predicted octanol–water partition coefficient (Wildman–Crippen LogP) is 1.24. The van der Waals surface area contributed by atoms with Gasteiger partial charge in [0.05, 0.1) is 0 Å². The number of carbonyl (C=O) groups is 1. The Morgan fingerprint density at radius 1 is 1.38 bits per heavy atom. The van der Waals surface area contributed by atoms with Gasteiger partial charge in [0, 0.05) is 19.5 Å². The van der Waals surface area contributed by atoms with Crippen molar-refractivity contribution in [3.63, 3.8) is 0 Å². The molecule has 0 saturated carbocycles. The maximum atomic E-state index is 10.5. The molecule has 3 nitrogen and oxygen atoms in total. The van der Waals surface area contributed by atoms with Crippen LogP contribution in [-0.2, 0) is 4.79 Å². The van der Waals surface area contributed by atoms with Gasteiger partial charge < -0.3 is 10.2 Å². The standard InChI is InChI=1S/C10H22N2O/c1-9(2)12(4)8-6-5-7-11-10(3)13/h9H,5-8H2,1-4H3,(H,11,13). The zero-order valence-corrected chi connectivity index (χ0v) is 9.26. The first-order valence-electron chi connectivity index (χ1n) is 4.98. The monoisotopic (exact) mass is 186 g/mol. The zero-order chi connectivity index (χ0) is 10.3. The molecule has 0 heterocycles. The summed E-state index contributed by atoms with van der Waals surface area (Å²) in [6.07, 6.45) is 2.21. The van der Waals surface area contributed by atoms with Crippen molar-refractivity contribution in [3.05, 3.63) is 0 Å². The lowest BCUT2D eigenvalue weighted by atomic mass is 10.2. The summed E-state index contributed by atoms with van der Waals surface area (Å²) >= 11 is 0. The van der Waals surface area contributed by atoms with Gasteiger partial charge in [0.25, 0.3) is 0 Å². The Kier molecular flexibility index (Phi) is 6.59. The maximum Gasteiger partial charge on any atom is 0.216 e. The van der Waals surface area contributed by atoms with Crippen molar-refractivity contribution in [1.82, 2.24) is 10.2 Å². The summed E-state index contributed by atoms with van der Waals surface area (Å²) < 4.78 is 0. The highest BCUT2D eigenvalue weighted by Gasteiger charge is 2.01. The minimum absolute atomic E-state index is 0.0669. The maximum absolute atomic E-state index is 10.5. The van der Waals surface area contributed by atoms with E-state index in [0.717, 1.165) is 25.9 Å². The summed E-state index contributed by atoms with van der Waals surface area (Å²) in [6, 6.07) is 0.612. The molecule has 0 spiro atoms. The lowest BCUT2D eigenvalue weighted by Gasteiger charge is -2.20. The molecule has 0 radical (unpaired) electrons. The molecular weight excluding hydrogens is 164 g/mol. The fourth-order valence-electron chi connectivity index (χ4n) is 1.01. The molecule has 0 aliphatic heterocycles. The second kappa shape index (κ2) is 6.89. The van der Waals surface area contributed by atoms with Gasteiger partial charge in [0.15, 0.2) is 0 Å². The second-order valence-electron chi connectivity index (χ2n) is 3.76. The van der Waals surface area contributed by atoms with Crippen molar-refractivity contribution in [1.29, 1.82) is 0 Å². The summed E-state index contributed by atoms with van der Waals surface area (Å²) in [5, 5.41) is 2.79. The van der Waals surface area contributed by atoms with E-state index in [2.05, 4.69) is 31.1 Å². The van der Waals surface area contributed by atoms with Crippen LogP contribution in [0.2, 0.25) is 0 Å². The minimum Gasteiger partial charge on any atom is -0.356 e. The first-order chi connectivity index (χ1) is 6.04. The summed E-state index contributed by atoms with van der Waals surface area (Å²) in [7, 11) is 2.13. The molecule has 0 aromatic carbocycles. The van der Waals surface area contributed by atoms with Gasteiger partial charge in [-0.2, -0.15) is 0 Å². The lowest BCUT2D eigenvalue weighted by Crippen LogP contribution is -2.28. The van der Waals surface area contributed by atoms with Crippen molar-refractivity contribution in [3.8, 4) is 0 Å². The van der Waals surface area contributed by atoms with Gasteiger partial charge in [-0.15, -0.1) is 0 Å². The van der Waals surface area contributed by atoms with Crippen LogP contribution in [-0.4, -0.2) is 37.0 Å². The number of rotatable bonds is 6.